The Hall–Kier alpha value is -3.17. The molecule has 3 aromatic carbocycles. The summed E-state index contributed by atoms with van der Waals surface area (Å²) in [6.07, 6.45) is 9.44. The van der Waals surface area contributed by atoms with Gasteiger partial charge in [-0.25, -0.2) is 4.79 Å². The quantitative estimate of drug-likeness (QED) is 0.138. The van der Waals surface area contributed by atoms with Crippen molar-refractivity contribution in [1.29, 1.82) is 0 Å². The summed E-state index contributed by atoms with van der Waals surface area (Å²) in [5.41, 5.74) is 12.2. The molecule has 1 aliphatic carbocycles. The second-order valence-electron chi connectivity index (χ2n) is 12.1. The molecule has 0 aromatic heterocycles. The van der Waals surface area contributed by atoms with Gasteiger partial charge < -0.3 is 9.84 Å². The van der Waals surface area contributed by atoms with Crippen molar-refractivity contribution in [3.8, 4) is 22.3 Å². The van der Waals surface area contributed by atoms with Crippen molar-refractivity contribution in [2.45, 2.75) is 91.4 Å². The lowest BCUT2D eigenvalue weighted by Gasteiger charge is -2.27. The van der Waals surface area contributed by atoms with Gasteiger partial charge in [-0.15, -0.1) is 0 Å². The number of rotatable bonds is 12. The Morgan fingerprint density at radius 3 is 2.22 bits per heavy atom. The van der Waals surface area contributed by atoms with E-state index in [2.05, 4.69) is 81.9 Å². The van der Waals surface area contributed by atoms with Crippen LogP contribution in [0.5, 0.6) is 0 Å². The van der Waals surface area contributed by atoms with Gasteiger partial charge in [0.2, 0.25) is 0 Å². The van der Waals surface area contributed by atoms with Crippen LogP contribution in [0, 0.1) is 12.8 Å². The molecule has 3 aromatic rings. The summed E-state index contributed by atoms with van der Waals surface area (Å²) in [7, 11) is 0. The van der Waals surface area contributed by atoms with Gasteiger partial charge >= 0.3 is 5.97 Å². The predicted octanol–water partition coefficient (Wildman–Crippen LogP) is 9.16. The van der Waals surface area contributed by atoms with E-state index in [4.69, 9.17) is 4.74 Å². The maximum absolute atomic E-state index is 11.8. The predicted molar refractivity (Wildman–Crippen MR) is 171 cm³/mol. The average Bonchev–Trinajstić information content (AvgIpc) is 2.98. The van der Waals surface area contributed by atoms with Crippen LogP contribution in [-0.4, -0.2) is 24.3 Å². The van der Waals surface area contributed by atoms with Crippen LogP contribution in [0.1, 0.15) is 93.0 Å². The van der Waals surface area contributed by atoms with Crippen LogP contribution in [0.15, 0.2) is 66.7 Å². The van der Waals surface area contributed by atoms with Crippen molar-refractivity contribution in [2.75, 3.05) is 13.2 Å². The van der Waals surface area contributed by atoms with Gasteiger partial charge in [0.25, 0.3) is 0 Å². The van der Waals surface area contributed by atoms with E-state index in [1.807, 2.05) is 0 Å². The van der Waals surface area contributed by atoms with Gasteiger partial charge in [-0.1, -0.05) is 87.9 Å². The topological polar surface area (TPSA) is 46.5 Å². The highest BCUT2D eigenvalue weighted by Crippen LogP contribution is 2.38. The number of benzene rings is 3. The average molecular weight is 553 g/mol. The molecule has 4 rings (SSSR count). The van der Waals surface area contributed by atoms with Crippen LogP contribution >= 0.6 is 0 Å². The lowest BCUT2D eigenvalue weighted by molar-refractivity contribution is -0.139. The summed E-state index contributed by atoms with van der Waals surface area (Å²) in [6, 6.07) is 20.8. The van der Waals surface area contributed by atoms with Crippen LogP contribution in [0.25, 0.3) is 22.3 Å². The highest BCUT2D eigenvalue weighted by atomic mass is 16.5. The molecule has 0 unspecified atom stereocenters. The van der Waals surface area contributed by atoms with Gasteiger partial charge in [-0.05, 0) is 121 Å². The highest BCUT2D eigenvalue weighted by Gasteiger charge is 2.20. The normalized spacial score (nSPS) is 16.9. The zero-order chi connectivity index (χ0) is 29.4. The Labute approximate surface area is 247 Å². The van der Waals surface area contributed by atoms with Crippen LogP contribution < -0.4 is 0 Å². The third kappa shape index (κ3) is 7.98. The molecule has 3 nitrogen and oxygen atoms in total. The zero-order valence-corrected chi connectivity index (χ0v) is 25.6. The van der Waals surface area contributed by atoms with Gasteiger partial charge in [0.1, 0.15) is 0 Å². The summed E-state index contributed by atoms with van der Waals surface area (Å²) in [5, 5.41) is 9.41. The summed E-state index contributed by atoms with van der Waals surface area (Å²) >= 11 is 0. The maximum atomic E-state index is 11.8. The number of hydrogen-bond donors (Lipinski definition) is 1. The molecule has 0 spiro atoms. The van der Waals surface area contributed by atoms with E-state index < -0.39 is 0 Å². The van der Waals surface area contributed by atoms with Crippen molar-refractivity contribution < 1.29 is 14.6 Å². The molecule has 218 valence electrons. The van der Waals surface area contributed by atoms with Gasteiger partial charge in [0.15, 0.2) is 0 Å². The first-order valence-electron chi connectivity index (χ1n) is 15.6. The molecular weight excluding hydrogens is 504 g/mol. The number of carbonyl (C=O) groups is 1. The first kappa shape index (κ1) is 30.8. The standard InChI is InChI=1S/C38H48O3/c1-6-29-24-34(36-19-17-33(23-28(36)5)31-13-11-27(4)12-14-31)18-20-37(29)35-16-15-30(9-7-21-39)32(25-35)10-8-22-41-38(40)26(2)3/h15-20,23-25,27,31,39H,2,6-14,21-22H2,1,3-5H3. The van der Waals surface area contributed by atoms with E-state index in [-0.39, 0.29) is 12.6 Å². The van der Waals surface area contributed by atoms with Crippen molar-refractivity contribution in [3.63, 3.8) is 0 Å². The molecule has 1 fully saturated rings. The minimum atomic E-state index is -0.333. The number of aliphatic hydroxyl groups is 1. The van der Waals surface area contributed by atoms with Crippen molar-refractivity contribution in [1.82, 2.24) is 0 Å². The number of ether oxygens (including phenoxy) is 1. The molecule has 0 amide bonds. The number of hydrogen-bond acceptors (Lipinski definition) is 3. The number of aryl methyl sites for hydroxylation is 4. The Kier molecular flexibility index (Phi) is 11.0. The molecule has 0 bridgehead atoms. The van der Waals surface area contributed by atoms with E-state index in [0.717, 1.165) is 38.0 Å². The minimum absolute atomic E-state index is 0.180. The molecule has 1 saturated carbocycles. The summed E-state index contributed by atoms with van der Waals surface area (Å²) in [5.74, 6) is 1.25. The fourth-order valence-electron chi connectivity index (χ4n) is 6.28. The maximum Gasteiger partial charge on any atom is 0.333 e. The highest BCUT2D eigenvalue weighted by molar-refractivity contribution is 5.86. The smallest absolute Gasteiger partial charge is 0.333 e. The second-order valence-corrected chi connectivity index (χ2v) is 12.1. The fourth-order valence-corrected chi connectivity index (χ4v) is 6.28. The number of carbonyl (C=O) groups excluding carboxylic acids is 1. The lowest BCUT2D eigenvalue weighted by atomic mass is 9.78. The third-order valence-electron chi connectivity index (χ3n) is 8.83. The minimum Gasteiger partial charge on any atom is -0.462 e. The Balaban J connectivity index is 1.56. The lowest BCUT2D eigenvalue weighted by Crippen LogP contribution is -2.10. The Morgan fingerprint density at radius 2 is 1.54 bits per heavy atom. The molecule has 1 N–H and O–H groups in total. The van der Waals surface area contributed by atoms with Gasteiger partial charge in [0, 0.05) is 12.2 Å². The van der Waals surface area contributed by atoms with Crippen LogP contribution in [0.2, 0.25) is 0 Å². The zero-order valence-electron chi connectivity index (χ0n) is 25.6. The molecule has 0 radical (unpaired) electrons. The van der Waals surface area contributed by atoms with E-state index in [1.165, 1.54) is 75.8 Å². The number of aliphatic hydroxyl groups excluding tert-OH is 1. The van der Waals surface area contributed by atoms with Crippen molar-refractivity contribution in [3.05, 3.63) is 94.6 Å². The Bertz CT molecular complexity index is 1340. The van der Waals surface area contributed by atoms with Crippen LogP contribution in [0.4, 0.5) is 0 Å². The summed E-state index contributed by atoms with van der Waals surface area (Å²) in [6.45, 7) is 12.8. The second kappa shape index (κ2) is 14.6. The first-order chi connectivity index (χ1) is 19.8. The summed E-state index contributed by atoms with van der Waals surface area (Å²) in [4.78, 5) is 11.8. The molecular formula is C38H48O3. The van der Waals surface area contributed by atoms with Crippen molar-refractivity contribution in [2.24, 2.45) is 5.92 Å². The van der Waals surface area contributed by atoms with Crippen molar-refractivity contribution >= 4 is 5.97 Å². The molecule has 1 aliphatic rings. The molecule has 3 heteroatoms. The largest absolute Gasteiger partial charge is 0.462 e. The molecule has 0 saturated heterocycles. The SMILES string of the molecule is C=C(C)C(=O)OCCCc1cc(-c2ccc(-c3ccc(C4CCC(C)CC4)cc3C)cc2CC)ccc1CCCO. The first-order valence-corrected chi connectivity index (χ1v) is 15.6. The van der Waals surface area contributed by atoms with Crippen LogP contribution in [0.3, 0.4) is 0 Å². The molecule has 0 heterocycles. The fraction of sp³-hybridized carbons (Fsp3) is 0.447. The van der Waals surface area contributed by atoms with Gasteiger partial charge in [0.05, 0.1) is 6.61 Å². The molecule has 0 atom stereocenters. The molecule has 41 heavy (non-hydrogen) atoms. The monoisotopic (exact) mass is 552 g/mol. The Morgan fingerprint density at radius 1 is 0.878 bits per heavy atom. The van der Waals surface area contributed by atoms with Crippen LogP contribution in [-0.2, 0) is 28.8 Å². The van der Waals surface area contributed by atoms with E-state index in [9.17, 15) is 9.90 Å². The van der Waals surface area contributed by atoms with E-state index >= 15 is 0 Å². The molecule has 0 aliphatic heterocycles. The number of esters is 1. The van der Waals surface area contributed by atoms with E-state index in [1.54, 1.807) is 6.92 Å². The van der Waals surface area contributed by atoms with Gasteiger partial charge in [-0.2, -0.15) is 0 Å². The summed E-state index contributed by atoms with van der Waals surface area (Å²) < 4.78 is 5.33. The third-order valence-corrected chi connectivity index (χ3v) is 8.83. The van der Waals surface area contributed by atoms with Gasteiger partial charge in [-0.3, -0.25) is 0 Å². The van der Waals surface area contributed by atoms with E-state index in [0.29, 0.717) is 18.1 Å².